The van der Waals surface area contributed by atoms with Gasteiger partial charge in [0.05, 0.1) is 80.3 Å². The number of aromatic nitrogens is 1. The van der Waals surface area contributed by atoms with E-state index in [0.29, 0.717) is 54.4 Å². The minimum absolute atomic E-state index is 0.0464. The van der Waals surface area contributed by atoms with Crippen molar-refractivity contribution >= 4 is 37.2 Å². The van der Waals surface area contributed by atoms with Crippen molar-refractivity contribution in [2.24, 2.45) is 5.92 Å². The fourth-order valence-corrected chi connectivity index (χ4v) is 6.27. The number of carbonyl (C=O) groups is 1. The van der Waals surface area contributed by atoms with E-state index in [1.54, 1.807) is 33.7 Å². The SMILES string of the molecule is COc1cc(NCN2CCCC[C@H]2C(=O)N[C@H](COCc2cccnc2)C(C)C)cc(OC)c1OC.COc1cc(NS(=O)(=O)Cl)cc(OC)c1OC. The lowest BCUT2D eigenvalue weighted by Crippen LogP contribution is -2.54. The van der Waals surface area contributed by atoms with Crippen molar-refractivity contribution in [2.75, 3.05) is 72.5 Å². The molecule has 15 nitrogen and oxygen atoms in total. The molecular weight excluding hydrogens is 730 g/mol. The van der Waals surface area contributed by atoms with Crippen LogP contribution in [0.3, 0.4) is 0 Å². The van der Waals surface area contributed by atoms with Crippen LogP contribution in [0.4, 0.5) is 11.4 Å². The van der Waals surface area contributed by atoms with Crippen LogP contribution < -0.4 is 43.8 Å². The number of piperidine rings is 1. The maximum Gasteiger partial charge on any atom is 0.319 e. The second-order valence-electron chi connectivity index (χ2n) is 12.3. The largest absolute Gasteiger partial charge is 0.493 e. The van der Waals surface area contributed by atoms with Crippen molar-refractivity contribution in [3.8, 4) is 34.5 Å². The first-order valence-corrected chi connectivity index (χ1v) is 19.3. The highest BCUT2D eigenvalue weighted by Crippen LogP contribution is 2.41. The number of halogens is 1. The number of nitrogens with zero attached hydrogens (tertiary/aromatic N) is 2. The molecule has 2 aromatic carbocycles. The van der Waals surface area contributed by atoms with E-state index in [1.165, 1.54) is 33.5 Å². The molecule has 0 saturated carbocycles. The van der Waals surface area contributed by atoms with Crippen molar-refractivity contribution in [1.82, 2.24) is 15.2 Å². The number of amides is 1. The van der Waals surface area contributed by atoms with Crippen LogP contribution in [-0.2, 0) is 25.4 Å². The van der Waals surface area contributed by atoms with Crippen LogP contribution in [0.2, 0.25) is 0 Å². The number of carbonyl (C=O) groups excluding carboxylic acids is 1. The van der Waals surface area contributed by atoms with Gasteiger partial charge in [-0.2, -0.15) is 8.42 Å². The monoisotopic (exact) mass is 781 g/mol. The number of likely N-dealkylation sites (tertiary alicyclic amines) is 1. The third-order valence-electron chi connectivity index (χ3n) is 8.39. The van der Waals surface area contributed by atoms with E-state index in [9.17, 15) is 13.2 Å². The molecule has 1 aliphatic rings. The number of pyridine rings is 1. The van der Waals surface area contributed by atoms with Gasteiger partial charge in [0.1, 0.15) is 0 Å². The molecule has 53 heavy (non-hydrogen) atoms. The molecule has 1 amide bonds. The zero-order chi connectivity index (χ0) is 39.0. The number of hydrogen-bond donors (Lipinski definition) is 3. The molecule has 0 radical (unpaired) electrons. The first-order chi connectivity index (χ1) is 25.4. The van der Waals surface area contributed by atoms with Crippen molar-refractivity contribution in [2.45, 2.75) is 51.8 Å². The first-order valence-electron chi connectivity index (χ1n) is 16.9. The van der Waals surface area contributed by atoms with Gasteiger partial charge in [-0.05, 0) is 30.4 Å². The van der Waals surface area contributed by atoms with Gasteiger partial charge >= 0.3 is 9.24 Å². The summed E-state index contributed by atoms with van der Waals surface area (Å²) in [7, 11) is 10.3. The third-order valence-corrected chi connectivity index (χ3v) is 9.10. The zero-order valence-corrected chi connectivity index (χ0v) is 33.1. The Morgan fingerprint density at radius 3 is 1.92 bits per heavy atom. The zero-order valence-electron chi connectivity index (χ0n) is 31.6. The summed E-state index contributed by atoms with van der Waals surface area (Å²) in [6.45, 7) is 6.50. The fraction of sp³-hybridized carbons (Fsp3) is 0.500. The van der Waals surface area contributed by atoms with Gasteiger partial charge in [0.2, 0.25) is 17.4 Å². The van der Waals surface area contributed by atoms with Gasteiger partial charge in [-0.15, -0.1) is 0 Å². The highest BCUT2D eigenvalue weighted by atomic mass is 35.7. The molecule has 0 unspecified atom stereocenters. The van der Waals surface area contributed by atoms with Crippen LogP contribution >= 0.6 is 10.7 Å². The molecule has 294 valence electrons. The summed E-state index contributed by atoms with van der Waals surface area (Å²) in [5, 5.41) is 6.67. The van der Waals surface area contributed by atoms with Gasteiger partial charge in [-0.1, -0.05) is 26.3 Å². The molecule has 1 fully saturated rings. The Hall–Kier alpha value is -4.38. The fourth-order valence-electron chi connectivity index (χ4n) is 5.60. The Balaban J connectivity index is 0.000000372. The van der Waals surface area contributed by atoms with Crippen molar-refractivity contribution < 1.29 is 46.4 Å². The van der Waals surface area contributed by atoms with Crippen LogP contribution in [-0.4, -0.2) is 98.8 Å². The molecule has 0 aliphatic carbocycles. The Morgan fingerprint density at radius 1 is 0.887 bits per heavy atom. The summed E-state index contributed by atoms with van der Waals surface area (Å²) >= 11 is 0. The highest BCUT2D eigenvalue weighted by Gasteiger charge is 2.30. The van der Waals surface area contributed by atoms with Crippen LogP contribution in [0.25, 0.3) is 0 Å². The van der Waals surface area contributed by atoms with E-state index in [4.69, 9.17) is 43.8 Å². The molecular formula is C36H52ClN5O10S. The molecule has 1 aliphatic heterocycles. The summed E-state index contributed by atoms with van der Waals surface area (Å²) in [5.74, 6) is 3.03. The maximum absolute atomic E-state index is 13.3. The molecule has 3 N–H and O–H groups in total. The van der Waals surface area contributed by atoms with Crippen LogP contribution in [0.5, 0.6) is 34.5 Å². The standard InChI is InChI=1S/C27H40N4O5.C9H12ClNO5S/c1-19(2)22(17-36-16-20-9-8-11-28-15-20)30-27(32)23-10-6-7-12-31(23)18-29-21-13-24(33-3)26(35-5)25(14-21)34-4;1-14-7-4-6(11-17(10,12)13)5-8(15-2)9(7)16-3/h8-9,11,13-15,19,22-23,29H,6-7,10,12,16-18H2,1-5H3,(H,30,32);4-5,11H,1-3H3/t22-,23+;/m1./s1. The van der Waals surface area contributed by atoms with E-state index < -0.39 is 9.24 Å². The summed E-state index contributed by atoms with van der Waals surface area (Å²) in [6.07, 6.45) is 6.45. The van der Waals surface area contributed by atoms with E-state index >= 15 is 0 Å². The van der Waals surface area contributed by atoms with Gasteiger partial charge in [0, 0.05) is 59.6 Å². The number of anilines is 2. The number of methoxy groups -OCH3 is 6. The molecule has 1 aromatic heterocycles. The minimum Gasteiger partial charge on any atom is -0.493 e. The molecule has 17 heteroatoms. The summed E-state index contributed by atoms with van der Waals surface area (Å²) < 4.78 is 61.3. The first kappa shape index (κ1) is 43.0. The van der Waals surface area contributed by atoms with Crippen LogP contribution in [0.15, 0.2) is 48.8 Å². The van der Waals surface area contributed by atoms with Crippen molar-refractivity contribution in [1.29, 1.82) is 0 Å². The van der Waals surface area contributed by atoms with E-state index in [2.05, 4.69) is 39.1 Å². The predicted molar refractivity (Wildman–Crippen MR) is 204 cm³/mol. The predicted octanol–water partition coefficient (Wildman–Crippen LogP) is 5.30. The van der Waals surface area contributed by atoms with Gasteiger partial charge in [-0.3, -0.25) is 19.4 Å². The van der Waals surface area contributed by atoms with Crippen LogP contribution in [0, 0.1) is 5.92 Å². The second-order valence-corrected chi connectivity index (χ2v) is 14.6. The Kier molecular flexibility index (Phi) is 17.3. The Morgan fingerprint density at radius 2 is 1.45 bits per heavy atom. The number of benzene rings is 2. The topological polar surface area (TPSA) is 168 Å². The summed E-state index contributed by atoms with van der Waals surface area (Å²) in [6, 6.07) is 10.2. The third kappa shape index (κ3) is 13.2. The van der Waals surface area contributed by atoms with E-state index in [0.717, 1.165) is 37.1 Å². The number of ether oxygens (including phenoxy) is 7. The average molecular weight is 782 g/mol. The summed E-state index contributed by atoms with van der Waals surface area (Å²) in [4.78, 5) is 19.7. The van der Waals surface area contributed by atoms with Gasteiger partial charge in [0.25, 0.3) is 0 Å². The van der Waals surface area contributed by atoms with Crippen molar-refractivity contribution in [3.63, 3.8) is 0 Å². The van der Waals surface area contributed by atoms with E-state index in [1.807, 2.05) is 24.3 Å². The molecule has 2 atom stereocenters. The van der Waals surface area contributed by atoms with Crippen molar-refractivity contribution in [3.05, 3.63) is 54.4 Å². The number of nitrogens with one attached hydrogen (secondary N) is 3. The Labute approximate surface area is 317 Å². The van der Waals surface area contributed by atoms with Gasteiger partial charge in [0.15, 0.2) is 23.0 Å². The molecule has 0 spiro atoms. The molecule has 0 bridgehead atoms. The summed E-state index contributed by atoms with van der Waals surface area (Å²) in [5.41, 5.74) is 2.07. The lowest BCUT2D eigenvalue weighted by molar-refractivity contribution is -0.129. The van der Waals surface area contributed by atoms with E-state index in [-0.39, 0.29) is 29.6 Å². The van der Waals surface area contributed by atoms with Gasteiger partial charge in [-0.25, -0.2) is 0 Å². The average Bonchev–Trinajstić information content (AvgIpc) is 3.15. The number of hydrogen-bond acceptors (Lipinski definition) is 13. The normalized spacial score (nSPS) is 14.9. The number of rotatable bonds is 18. The molecule has 3 aromatic rings. The Bertz CT molecular complexity index is 1650. The molecule has 4 rings (SSSR count). The lowest BCUT2D eigenvalue weighted by atomic mass is 10.00. The highest BCUT2D eigenvalue weighted by molar-refractivity contribution is 8.14. The molecule has 1 saturated heterocycles. The minimum atomic E-state index is -3.88. The second kappa shape index (κ2) is 21.4. The lowest BCUT2D eigenvalue weighted by Gasteiger charge is -2.36. The molecule has 2 heterocycles. The quantitative estimate of drug-likeness (QED) is 0.143. The smallest absolute Gasteiger partial charge is 0.319 e. The van der Waals surface area contributed by atoms with Gasteiger partial charge < -0.3 is 43.8 Å². The maximum atomic E-state index is 13.3. The van der Waals surface area contributed by atoms with Crippen LogP contribution in [0.1, 0.15) is 38.7 Å².